The van der Waals surface area contributed by atoms with Gasteiger partial charge in [-0.3, -0.25) is 0 Å². The highest BCUT2D eigenvalue weighted by atomic mass is 15.0. The largest absolute Gasteiger partial charge is 0.309 e. The third kappa shape index (κ3) is 4.30. The van der Waals surface area contributed by atoms with Crippen molar-refractivity contribution < 1.29 is 0 Å². The Balaban J connectivity index is 1.14. The Bertz CT molecular complexity index is 3090. The molecule has 1 spiro atoms. The van der Waals surface area contributed by atoms with Crippen LogP contribution in [0.25, 0.3) is 83.4 Å². The molecule has 12 rings (SSSR count). The van der Waals surface area contributed by atoms with Crippen molar-refractivity contribution in [2.45, 2.75) is 5.41 Å². The van der Waals surface area contributed by atoms with Gasteiger partial charge in [0.25, 0.3) is 0 Å². The van der Waals surface area contributed by atoms with Crippen LogP contribution in [0.2, 0.25) is 0 Å². The first-order valence-corrected chi connectivity index (χ1v) is 19.4. The Morgan fingerprint density at radius 1 is 0.339 bits per heavy atom. The number of hydrogen-bond donors (Lipinski definition) is 0. The summed E-state index contributed by atoms with van der Waals surface area (Å²) in [6.45, 7) is 0. The van der Waals surface area contributed by atoms with Gasteiger partial charge in [-0.1, -0.05) is 164 Å². The lowest BCUT2D eigenvalue weighted by molar-refractivity contribution is 0.749. The Morgan fingerprint density at radius 2 is 0.893 bits per heavy atom. The third-order valence-electron chi connectivity index (χ3n) is 12.2. The van der Waals surface area contributed by atoms with Crippen molar-refractivity contribution in [2.75, 3.05) is 0 Å². The highest BCUT2D eigenvalue weighted by molar-refractivity contribution is 6.14. The summed E-state index contributed by atoms with van der Waals surface area (Å²) in [5.41, 5.74) is 20.0. The molecule has 260 valence electrons. The second kappa shape index (κ2) is 11.9. The van der Waals surface area contributed by atoms with E-state index in [2.05, 4.69) is 211 Å². The summed E-state index contributed by atoms with van der Waals surface area (Å²) in [6.07, 6.45) is 0. The molecule has 0 fully saturated rings. The fourth-order valence-electron chi connectivity index (χ4n) is 9.84. The van der Waals surface area contributed by atoms with Gasteiger partial charge < -0.3 is 4.57 Å². The second-order valence-electron chi connectivity index (χ2n) is 15.1. The van der Waals surface area contributed by atoms with Crippen molar-refractivity contribution in [3.05, 3.63) is 229 Å². The lowest BCUT2D eigenvalue weighted by atomic mass is 9.65. The summed E-state index contributed by atoms with van der Waals surface area (Å²) in [7, 11) is 0. The summed E-state index contributed by atoms with van der Waals surface area (Å²) in [6, 6.07) is 75.6. The van der Waals surface area contributed by atoms with Gasteiger partial charge >= 0.3 is 0 Å². The number of hydrogen-bond acceptors (Lipinski definition) is 1. The van der Waals surface area contributed by atoms with Crippen LogP contribution in [0.1, 0.15) is 22.3 Å². The molecule has 0 bridgehead atoms. The van der Waals surface area contributed by atoms with Crippen LogP contribution >= 0.6 is 0 Å². The van der Waals surface area contributed by atoms with E-state index in [-0.39, 0.29) is 0 Å². The molecule has 1 aliphatic carbocycles. The SMILES string of the molecule is c1ccc(-c2cc(-c3ccccc3)nc(-c3cccc(-c4cc5c6c(c4)c4ccccc4n6-c4ccccc4C54c5ccccc5-c5ccccc54)c3)c2)cc1. The summed E-state index contributed by atoms with van der Waals surface area (Å²) >= 11 is 0. The fraction of sp³-hybridized carbons (Fsp3) is 0.0185. The van der Waals surface area contributed by atoms with Crippen molar-refractivity contribution in [3.8, 4) is 61.6 Å². The maximum Gasteiger partial charge on any atom is 0.0754 e. The van der Waals surface area contributed by atoms with E-state index in [0.717, 1.165) is 28.1 Å². The molecule has 0 radical (unpaired) electrons. The van der Waals surface area contributed by atoms with E-state index in [1.807, 2.05) is 0 Å². The molecule has 0 saturated heterocycles. The zero-order valence-electron chi connectivity index (χ0n) is 30.5. The van der Waals surface area contributed by atoms with Crippen LogP contribution in [0.5, 0.6) is 0 Å². The highest BCUT2D eigenvalue weighted by Gasteiger charge is 2.50. The molecule has 3 heterocycles. The third-order valence-corrected chi connectivity index (χ3v) is 12.2. The Morgan fingerprint density at radius 3 is 1.64 bits per heavy atom. The van der Waals surface area contributed by atoms with Gasteiger partial charge in [0.1, 0.15) is 0 Å². The second-order valence-corrected chi connectivity index (χ2v) is 15.1. The molecule has 2 nitrogen and oxygen atoms in total. The number of pyridine rings is 1. The normalized spacial score (nSPS) is 13.1. The van der Waals surface area contributed by atoms with E-state index in [9.17, 15) is 0 Å². The molecule has 0 N–H and O–H groups in total. The number of fused-ring (bicyclic) bond motifs is 12. The van der Waals surface area contributed by atoms with E-state index in [1.54, 1.807) is 0 Å². The van der Waals surface area contributed by atoms with E-state index in [4.69, 9.17) is 4.98 Å². The Hall–Kier alpha value is -7.29. The predicted octanol–water partition coefficient (Wildman–Crippen LogP) is 13.5. The first-order valence-electron chi connectivity index (χ1n) is 19.4. The number of para-hydroxylation sites is 2. The molecule has 2 aromatic heterocycles. The quantitative estimate of drug-likeness (QED) is 0.178. The van der Waals surface area contributed by atoms with Gasteiger partial charge in [0.15, 0.2) is 0 Å². The number of benzene rings is 8. The van der Waals surface area contributed by atoms with Crippen molar-refractivity contribution in [3.63, 3.8) is 0 Å². The Kier molecular flexibility index (Phi) is 6.58. The molecule has 56 heavy (non-hydrogen) atoms. The molecule has 0 amide bonds. The number of aromatic nitrogens is 2. The molecular weight excluding hydrogens is 677 g/mol. The topological polar surface area (TPSA) is 17.8 Å². The van der Waals surface area contributed by atoms with Crippen LogP contribution in [0.3, 0.4) is 0 Å². The van der Waals surface area contributed by atoms with Crippen molar-refractivity contribution in [1.82, 2.24) is 9.55 Å². The summed E-state index contributed by atoms with van der Waals surface area (Å²) in [5, 5.41) is 2.53. The van der Waals surface area contributed by atoms with Crippen LogP contribution in [0, 0.1) is 0 Å². The predicted molar refractivity (Wildman–Crippen MR) is 231 cm³/mol. The molecule has 0 atom stereocenters. The van der Waals surface area contributed by atoms with E-state index in [1.165, 1.54) is 77.6 Å². The summed E-state index contributed by atoms with van der Waals surface area (Å²) in [5.74, 6) is 0. The minimum atomic E-state index is -0.490. The van der Waals surface area contributed by atoms with Crippen LogP contribution in [-0.2, 0) is 5.41 Å². The summed E-state index contributed by atoms with van der Waals surface area (Å²) < 4.78 is 2.52. The zero-order chi connectivity index (χ0) is 36.8. The number of rotatable bonds is 4. The van der Waals surface area contributed by atoms with E-state index >= 15 is 0 Å². The van der Waals surface area contributed by atoms with Crippen molar-refractivity contribution in [2.24, 2.45) is 0 Å². The molecule has 2 heteroatoms. The van der Waals surface area contributed by atoms with E-state index < -0.39 is 5.41 Å². The van der Waals surface area contributed by atoms with Crippen LogP contribution in [-0.4, -0.2) is 9.55 Å². The monoisotopic (exact) mass is 710 g/mol. The lowest BCUT2D eigenvalue weighted by Gasteiger charge is -2.39. The lowest BCUT2D eigenvalue weighted by Crippen LogP contribution is -2.33. The smallest absolute Gasteiger partial charge is 0.0754 e. The zero-order valence-corrected chi connectivity index (χ0v) is 30.5. The average Bonchev–Trinajstić information content (AvgIpc) is 3.77. The molecule has 8 aromatic carbocycles. The first-order chi connectivity index (χ1) is 27.8. The standard InChI is InChI=1S/C54H34N2/c1-3-16-35(17-4-1)40-33-49(36-18-5-2-6-19-36)55-50(34-40)38-21-15-20-37(30-38)39-31-44-43-24-9-13-28-51(43)56-52-29-14-12-27-47(52)54(48(32-39)53(44)56)45-25-10-7-22-41(45)42-23-8-11-26-46(42)54/h1-34H. The molecular formula is C54H34N2. The minimum Gasteiger partial charge on any atom is -0.309 e. The molecule has 1 aliphatic heterocycles. The number of nitrogens with zero attached hydrogens (tertiary/aromatic N) is 2. The Labute approximate surface area is 325 Å². The van der Waals surface area contributed by atoms with Gasteiger partial charge in [-0.05, 0) is 98.1 Å². The van der Waals surface area contributed by atoms with Crippen LogP contribution < -0.4 is 0 Å². The maximum absolute atomic E-state index is 5.30. The van der Waals surface area contributed by atoms with Crippen LogP contribution in [0.15, 0.2) is 206 Å². The fourth-order valence-corrected chi connectivity index (χ4v) is 9.84. The van der Waals surface area contributed by atoms with Gasteiger partial charge in [-0.2, -0.15) is 0 Å². The minimum absolute atomic E-state index is 0.490. The van der Waals surface area contributed by atoms with E-state index in [0.29, 0.717) is 0 Å². The van der Waals surface area contributed by atoms with Gasteiger partial charge in [-0.15, -0.1) is 0 Å². The highest BCUT2D eigenvalue weighted by Crippen LogP contribution is 2.61. The van der Waals surface area contributed by atoms with Gasteiger partial charge in [-0.25, -0.2) is 4.98 Å². The molecule has 0 unspecified atom stereocenters. The maximum atomic E-state index is 5.30. The molecule has 10 aromatic rings. The molecule has 2 aliphatic rings. The van der Waals surface area contributed by atoms with Gasteiger partial charge in [0.05, 0.1) is 33.5 Å². The van der Waals surface area contributed by atoms with Gasteiger partial charge in [0.2, 0.25) is 0 Å². The molecule has 0 saturated carbocycles. The summed E-state index contributed by atoms with van der Waals surface area (Å²) in [4.78, 5) is 5.30. The van der Waals surface area contributed by atoms with Crippen molar-refractivity contribution >= 4 is 21.8 Å². The van der Waals surface area contributed by atoms with Crippen LogP contribution in [0.4, 0.5) is 0 Å². The van der Waals surface area contributed by atoms with Gasteiger partial charge in [0, 0.05) is 21.9 Å². The van der Waals surface area contributed by atoms with Crippen molar-refractivity contribution in [1.29, 1.82) is 0 Å². The average molecular weight is 711 g/mol. The first kappa shape index (κ1) is 31.1.